The Balaban J connectivity index is 1.80. The van der Waals surface area contributed by atoms with Crippen LogP contribution in [0.2, 0.25) is 0 Å². The summed E-state index contributed by atoms with van der Waals surface area (Å²) in [5, 5.41) is 13.9. The van der Waals surface area contributed by atoms with Crippen LogP contribution < -0.4 is 10.6 Å². The lowest BCUT2D eigenvalue weighted by Crippen LogP contribution is -2.37. The predicted molar refractivity (Wildman–Crippen MR) is 105 cm³/mol. The maximum atomic E-state index is 11.8. The van der Waals surface area contributed by atoms with Gasteiger partial charge in [0.15, 0.2) is 11.0 Å². The van der Waals surface area contributed by atoms with Gasteiger partial charge in [-0.2, -0.15) is 0 Å². The summed E-state index contributed by atoms with van der Waals surface area (Å²) in [6.07, 6.45) is 0.195. The Kier molecular flexibility index (Phi) is 6.22. The summed E-state index contributed by atoms with van der Waals surface area (Å²) in [5.74, 6) is 0.873. The molecule has 0 aliphatic heterocycles. The van der Waals surface area contributed by atoms with Crippen LogP contribution in [0.5, 0.6) is 0 Å². The Bertz CT molecular complexity index is 912. The zero-order valence-corrected chi connectivity index (χ0v) is 15.6. The number of hydrogen-bond acceptors (Lipinski definition) is 5. The SMILES string of the molecule is CNC(=O)NC(=O)CCSc1nnc(-c2ccccc2)n1-c1ccccc1. The van der Waals surface area contributed by atoms with Gasteiger partial charge in [0.05, 0.1) is 0 Å². The molecule has 0 atom stereocenters. The van der Waals surface area contributed by atoms with Crippen LogP contribution in [0.4, 0.5) is 4.79 Å². The summed E-state index contributed by atoms with van der Waals surface area (Å²) in [6.45, 7) is 0. The number of aromatic nitrogens is 3. The number of urea groups is 1. The van der Waals surface area contributed by atoms with Crippen molar-refractivity contribution in [2.45, 2.75) is 11.6 Å². The molecule has 3 aromatic rings. The van der Waals surface area contributed by atoms with Gasteiger partial charge in [-0.15, -0.1) is 10.2 Å². The van der Waals surface area contributed by atoms with E-state index in [-0.39, 0.29) is 12.3 Å². The van der Waals surface area contributed by atoms with E-state index in [1.54, 1.807) is 0 Å². The molecule has 0 aliphatic rings. The summed E-state index contributed by atoms with van der Waals surface area (Å²) in [6, 6.07) is 19.1. The third-order valence-corrected chi connectivity index (χ3v) is 4.65. The standard InChI is InChI=1S/C19H19N5O2S/c1-20-18(26)21-16(25)12-13-27-19-23-22-17(14-8-4-2-5-9-14)24(19)15-10-6-3-7-11-15/h2-11H,12-13H2,1H3,(H2,20,21,25,26). The predicted octanol–water partition coefficient (Wildman–Crippen LogP) is 2.87. The first kappa shape index (κ1) is 18.7. The minimum absolute atomic E-state index is 0.195. The van der Waals surface area contributed by atoms with Crippen LogP contribution in [0.1, 0.15) is 6.42 Å². The number of nitrogens with one attached hydrogen (secondary N) is 2. The van der Waals surface area contributed by atoms with Crippen molar-refractivity contribution >= 4 is 23.7 Å². The van der Waals surface area contributed by atoms with Gasteiger partial charge in [0.1, 0.15) is 0 Å². The molecule has 27 heavy (non-hydrogen) atoms. The minimum atomic E-state index is -0.510. The van der Waals surface area contributed by atoms with Crippen LogP contribution in [0, 0.1) is 0 Å². The van der Waals surface area contributed by atoms with E-state index in [1.165, 1.54) is 18.8 Å². The molecule has 0 saturated heterocycles. The van der Waals surface area contributed by atoms with Crippen molar-refractivity contribution < 1.29 is 9.59 Å². The van der Waals surface area contributed by atoms with Gasteiger partial charge in [0, 0.05) is 30.5 Å². The minimum Gasteiger partial charge on any atom is -0.341 e. The van der Waals surface area contributed by atoms with Crippen molar-refractivity contribution in [1.29, 1.82) is 0 Å². The highest BCUT2D eigenvalue weighted by atomic mass is 32.2. The Morgan fingerprint density at radius 2 is 1.67 bits per heavy atom. The van der Waals surface area contributed by atoms with Crippen molar-refractivity contribution in [3.8, 4) is 17.1 Å². The number of carbonyl (C=O) groups is 2. The lowest BCUT2D eigenvalue weighted by Gasteiger charge is -2.10. The molecule has 2 aromatic carbocycles. The summed E-state index contributed by atoms with van der Waals surface area (Å²) >= 11 is 1.42. The van der Waals surface area contributed by atoms with Crippen molar-refractivity contribution in [3.63, 3.8) is 0 Å². The second-order valence-electron chi connectivity index (χ2n) is 5.57. The van der Waals surface area contributed by atoms with Crippen LogP contribution >= 0.6 is 11.8 Å². The molecule has 0 spiro atoms. The molecule has 2 N–H and O–H groups in total. The van der Waals surface area contributed by atoms with Crippen LogP contribution in [0.3, 0.4) is 0 Å². The van der Waals surface area contributed by atoms with Crippen molar-refractivity contribution in [3.05, 3.63) is 60.7 Å². The largest absolute Gasteiger partial charge is 0.341 e. The molecule has 3 rings (SSSR count). The van der Waals surface area contributed by atoms with E-state index in [9.17, 15) is 9.59 Å². The molecular formula is C19H19N5O2S. The van der Waals surface area contributed by atoms with Crippen molar-refractivity contribution in [1.82, 2.24) is 25.4 Å². The molecule has 7 nitrogen and oxygen atoms in total. The molecule has 0 saturated carbocycles. The van der Waals surface area contributed by atoms with E-state index < -0.39 is 6.03 Å². The quantitative estimate of drug-likeness (QED) is 0.641. The number of carbonyl (C=O) groups excluding carboxylic acids is 2. The second-order valence-corrected chi connectivity index (χ2v) is 6.63. The highest BCUT2D eigenvalue weighted by molar-refractivity contribution is 7.99. The van der Waals surface area contributed by atoms with Gasteiger partial charge in [-0.25, -0.2) is 4.79 Å². The topological polar surface area (TPSA) is 88.9 Å². The van der Waals surface area contributed by atoms with Gasteiger partial charge >= 0.3 is 6.03 Å². The Hall–Kier alpha value is -3.13. The molecule has 0 fully saturated rings. The normalized spacial score (nSPS) is 10.4. The van der Waals surface area contributed by atoms with Crippen LogP contribution in [0.15, 0.2) is 65.8 Å². The highest BCUT2D eigenvalue weighted by Crippen LogP contribution is 2.28. The Morgan fingerprint density at radius 3 is 2.33 bits per heavy atom. The average Bonchev–Trinajstić information content (AvgIpc) is 3.13. The highest BCUT2D eigenvalue weighted by Gasteiger charge is 2.16. The lowest BCUT2D eigenvalue weighted by atomic mass is 10.2. The van der Waals surface area contributed by atoms with E-state index in [4.69, 9.17) is 0 Å². The number of benzene rings is 2. The lowest BCUT2D eigenvalue weighted by molar-refractivity contribution is -0.119. The van der Waals surface area contributed by atoms with Crippen molar-refractivity contribution in [2.75, 3.05) is 12.8 Å². The number of thioether (sulfide) groups is 1. The number of nitrogens with zero attached hydrogens (tertiary/aromatic N) is 3. The third kappa shape index (κ3) is 4.73. The maximum absolute atomic E-state index is 11.8. The molecule has 0 bridgehead atoms. The summed E-state index contributed by atoms with van der Waals surface area (Å²) < 4.78 is 1.97. The fourth-order valence-electron chi connectivity index (χ4n) is 2.43. The Labute approximate surface area is 161 Å². The van der Waals surface area contributed by atoms with E-state index in [2.05, 4.69) is 20.8 Å². The molecule has 3 amide bonds. The van der Waals surface area contributed by atoms with Gasteiger partial charge in [0.2, 0.25) is 5.91 Å². The molecule has 1 heterocycles. The van der Waals surface area contributed by atoms with Gasteiger partial charge in [-0.1, -0.05) is 60.3 Å². The molecule has 0 aliphatic carbocycles. The molecule has 138 valence electrons. The molecule has 8 heteroatoms. The third-order valence-electron chi connectivity index (χ3n) is 3.72. The average molecular weight is 381 g/mol. The zero-order valence-electron chi connectivity index (χ0n) is 14.8. The first-order valence-corrected chi connectivity index (χ1v) is 9.38. The fraction of sp³-hybridized carbons (Fsp3) is 0.158. The van der Waals surface area contributed by atoms with E-state index in [0.717, 1.165) is 17.1 Å². The zero-order chi connectivity index (χ0) is 19.1. The number of hydrogen-bond donors (Lipinski definition) is 2. The molecule has 0 radical (unpaired) electrons. The number of para-hydroxylation sites is 1. The smallest absolute Gasteiger partial charge is 0.321 e. The molecule has 0 unspecified atom stereocenters. The first-order valence-electron chi connectivity index (χ1n) is 8.39. The van der Waals surface area contributed by atoms with E-state index in [1.807, 2.05) is 65.2 Å². The first-order chi connectivity index (χ1) is 13.2. The van der Waals surface area contributed by atoms with Gasteiger partial charge in [-0.05, 0) is 12.1 Å². The number of imide groups is 1. The Morgan fingerprint density at radius 1 is 1.00 bits per heavy atom. The molecule has 1 aromatic heterocycles. The van der Waals surface area contributed by atoms with Crippen LogP contribution in [-0.4, -0.2) is 39.5 Å². The maximum Gasteiger partial charge on any atom is 0.321 e. The summed E-state index contributed by atoms with van der Waals surface area (Å²) in [4.78, 5) is 22.9. The number of rotatable bonds is 6. The van der Waals surface area contributed by atoms with Gasteiger partial charge < -0.3 is 5.32 Å². The van der Waals surface area contributed by atoms with E-state index in [0.29, 0.717) is 10.9 Å². The van der Waals surface area contributed by atoms with Gasteiger partial charge in [-0.3, -0.25) is 14.7 Å². The van der Waals surface area contributed by atoms with Crippen LogP contribution in [-0.2, 0) is 4.79 Å². The fourth-order valence-corrected chi connectivity index (χ4v) is 3.32. The van der Waals surface area contributed by atoms with Crippen molar-refractivity contribution in [2.24, 2.45) is 0 Å². The van der Waals surface area contributed by atoms with E-state index >= 15 is 0 Å². The second kappa shape index (κ2) is 9.00. The summed E-state index contributed by atoms with van der Waals surface area (Å²) in [7, 11) is 1.46. The molecular weight excluding hydrogens is 362 g/mol. The van der Waals surface area contributed by atoms with Crippen LogP contribution in [0.25, 0.3) is 17.1 Å². The summed E-state index contributed by atoms with van der Waals surface area (Å²) in [5.41, 5.74) is 1.90. The van der Waals surface area contributed by atoms with Gasteiger partial charge in [0.25, 0.3) is 0 Å². The number of amides is 3. The monoisotopic (exact) mass is 381 g/mol.